The number of nitrogens with zero attached hydrogens (tertiary/aromatic N) is 2. The second-order valence-electron chi connectivity index (χ2n) is 7.60. The highest BCUT2D eigenvalue weighted by Crippen LogP contribution is 2.31. The van der Waals surface area contributed by atoms with Crippen LogP contribution in [-0.4, -0.2) is 29.7 Å². The first-order valence-corrected chi connectivity index (χ1v) is 10.6. The summed E-state index contributed by atoms with van der Waals surface area (Å²) < 4.78 is 25.3. The number of aryl methyl sites for hydroxylation is 1. The zero-order valence-corrected chi connectivity index (χ0v) is 18.7. The molecular formula is C26H24FN3O3. The minimum absolute atomic E-state index is 0.0275. The molecule has 0 atom stereocenters. The molecule has 1 N–H and O–H groups in total. The summed E-state index contributed by atoms with van der Waals surface area (Å²) in [5, 5.41) is 6.58. The molecule has 33 heavy (non-hydrogen) atoms. The summed E-state index contributed by atoms with van der Waals surface area (Å²) >= 11 is 0. The van der Waals surface area contributed by atoms with Gasteiger partial charge in [-0.25, -0.2) is 4.39 Å². The number of methoxy groups -OCH3 is 1. The number of amides is 1. The molecule has 3 aromatic carbocycles. The van der Waals surface area contributed by atoms with Gasteiger partial charge in [0.1, 0.15) is 5.82 Å². The van der Waals surface area contributed by atoms with Gasteiger partial charge in [-0.3, -0.25) is 4.79 Å². The Kier molecular flexibility index (Phi) is 6.60. The van der Waals surface area contributed by atoms with Crippen LogP contribution in [0.1, 0.15) is 28.4 Å². The van der Waals surface area contributed by atoms with Crippen molar-refractivity contribution < 1.29 is 18.4 Å². The quantitative estimate of drug-likeness (QED) is 0.411. The second-order valence-corrected chi connectivity index (χ2v) is 7.60. The fourth-order valence-corrected chi connectivity index (χ4v) is 3.69. The Morgan fingerprint density at radius 1 is 1.06 bits per heavy atom. The fraction of sp³-hybridized carbons (Fsp3) is 0.192. The summed E-state index contributed by atoms with van der Waals surface area (Å²) in [6, 6.07) is 18.3. The molecule has 6 nitrogen and oxygen atoms in total. The smallest absolute Gasteiger partial charge is 0.258 e. The monoisotopic (exact) mass is 445 g/mol. The molecule has 0 saturated carbocycles. The normalized spacial score (nSPS) is 10.9. The highest BCUT2D eigenvalue weighted by atomic mass is 19.1. The molecule has 7 heteroatoms. The summed E-state index contributed by atoms with van der Waals surface area (Å²) in [6.07, 6.45) is 0. The van der Waals surface area contributed by atoms with Gasteiger partial charge in [0, 0.05) is 24.8 Å². The van der Waals surface area contributed by atoms with E-state index in [0.29, 0.717) is 24.6 Å². The van der Waals surface area contributed by atoms with Crippen molar-refractivity contribution in [1.82, 2.24) is 15.5 Å². The van der Waals surface area contributed by atoms with Gasteiger partial charge in [-0.2, -0.15) is 4.98 Å². The van der Waals surface area contributed by atoms with Crippen molar-refractivity contribution in [3.63, 3.8) is 0 Å². The van der Waals surface area contributed by atoms with Gasteiger partial charge in [0.25, 0.3) is 11.8 Å². The van der Waals surface area contributed by atoms with E-state index in [4.69, 9.17) is 9.26 Å². The van der Waals surface area contributed by atoms with Crippen molar-refractivity contribution in [2.45, 2.75) is 20.5 Å². The third-order valence-corrected chi connectivity index (χ3v) is 5.32. The van der Waals surface area contributed by atoms with Gasteiger partial charge in [-0.05, 0) is 60.4 Å². The number of carbonyl (C=O) groups excluding carboxylic acids is 1. The van der Waals surface area contributed by atoms with Crippen LogP contribution in [-0.2, 0) is 11.3 Å². The van der Waals surface area contributed by atoms with Crippen molar-refractivity contribution in [2.75, 3.05) is 13.7 Å². The maximum absolute atomic E-state index is 14.5. The molecule has 0 saturated heterocycles. The van der Waals surface area contributed by atoms with Crippen LogP contribution < -0.4 is 5.32 Å². The molecule has 1 aromatic heterocycles. The van der Waals surface area contributed by atoms with E-state index in [0.717, 1.165) is 22.3 Å². The predicted molar refractivity (Wildman–Crippen MR) is 124 cm³/mol. The van der Waals surface area contributed by atoms with Gasteiger partial charge >= 0.3 is 0 Å². The summed E-state index contributed by atoms with van der Waals surface area (Å²) in [5.41, 5.74) is 5.48. The third-order valence-electron chi connectivity index (χ3n) is 5.32. The number of halogens is 1. The Bertz CT molecular complexity index is 1300. The Labute approximate surface area is 191 Å². The molecular weight excluding hydrogens is 421 g/mol. The number of hydrogen-bond donors (Lipinski definition) is 1. The molecule has 1 heterocycles. The molecule has 4 aromatic rings. The lowest BCUT2D eigenvalue weighted by Crippen LogP contribution is -2.23. The number of ether oxygens (including phenoxy) is 1. The number of rotatable bonds is 7. The van der Waals surface area contributed by atoms with Gasteiger partial charge in [-0.15, -0.1) is 0 Å². The number of nitrogens with one attached hydrogen (secondary N) is 1. The van der Waals surface area contributed by atoms with Gasteiger partial charge in [0.2, 0.25) is 5.82 Å². The number of aromatic nitrogens is 2. The average Bonchev–Trinajstić information content (AvgIpc) is 3.30. The summed E-state index contributed by atoms with van der Waals surface area (Å²) in [4.78, 5) is 16.4. The minimum Gasteiger partial charge on any atom is -0.380 e. The highest BCUT2D eigenvalue weighted by Gasteiger charge is 2.17. The van der Waals surface area contributed by atoms with E-state index < -0.39 is 11.7 Å². The standard InChI is InChI=1S/C26H24FN3O3/c1-4-28-25(31)22-12-9-17(14-23(22)27)24-29-26(33-30-24)18-10-11-21(19(13-18)15-32-3)20-8-6-5-7-16(20)2/h5-14H,4,15H2,1-3H3,(H,28,31). The van der Waals surface area contributed by atoms with E-state index in [-0.39, 0.29) is 11.4 Å². The first-order valence-electron chi connectivity index (χ1n) is 10.6. The predicted octanol–water partition coefficient (Wildman–Crippen LogP) is 5.41. The van der Waals surface area contributed by atoms with Crippen LogP contribution in [0.4, 0.5) is 4.39 Å². The van der Waals surface area contributed by atoms with Crippen LogP contribution in [0.15, 0.2) is 65.2 Å². The zero-order chi connectivity index (χ0) is 23.4. The highest BCUT2D eigenvalue weighted by molar-refractivity contribution is 5.94. The summed E-state index contributed by atoms with van der Waals surface area (Å²) in [6.45, 7) is 4.68. The van der Waals surface area contributed by atoms with Crippen LogP contribution >= 0.6 is 0 Å². The molecule has 0 radical (unpaired) electrons. The molecule has 1 amide bonds. The van der Waals surface area contributed by atoms with Gasteiger partial charge in [0.05, 0.1) is 12.2 Å². The Balaban J connectivity index is 1.66. The van der Waals surface area contributed by atoms with E-state index in [1.54, 1.807) is 20.1 Å². The molecule has 4 rings (SSSR count). The first-order chi connectivity index (χ1) is 16.0. The van der Waals surface area contributed by atoms with Gasteiger partial charge in [0.15, 0.2) is 0 Å². The van der Waals surface area contributed by atoms with Crippen molar-refractivity contribution in [1.29, 1.82) is 0 Å². The number of carbonyl (C=O) groups is 1. The van der Waals surface area contributed by atoms with Crippen molar-refractivity contribution in [3.05, 3.63) is 83.2 Å². The van der Waals surface area contributed by atoms with Gasteiger partial charge in [-0.1, -0.05) is 41.6 Å². The van der Waals surface area contributed by atoms with Crippen molar-refractivity contribution >= 4 is 5.91 Å². The van der Waals surface area contributed by atoms with E-state index in [1.165, 1.54) is 17.7 Å². The van der Waals surface area contributed by atoms with Crippen LogP contribution in [0.2, 0.25) is 0 Å². The van der Waals surface area contributed by atoms with Crippen LogP contribution in [0.3, 0.4) is 0 Å². The Hall–Kier alpha value is -3.84. The topological polar surface area (TPSA) is 77.2 Å². The zero-order valence-electron chi connectivity index (χ0n) is 18.7. The summed E-state index contributed by atoms with van der Waals surface area (Å²) in [7, 11) is 1.65. The molecule has 168 valence electrons. The van der Waals surface area contributed by atoms with Crippen molar-refractivity contribution in [2.24, 2.45) is 0 Å². The van der Waals surface area contributed by atoms with Crippen molar-refractivity contribution in [3.8, 4) is 34.0 Å². The largest absolute Gasteiger partial charge is 0.380 e. The lowest BCUT2D eigenvalue weighted by molar-refractivity contribution is 0.0952. The maximum Gasteiger partial charge on any atom is 0.258 e. The molecule has 0 aliphatic rings. The first kappa shape index (κ1) is 22.4. The number of benzene rings is 3. The molecule has 0 spiro atoms. The van der Waals surface area contributed by atoms with Crippen LogP contribution in [0.5, 0.6) is 0 Å². The Morgan fingerprint density at radius 2 is 1.85 bits per heavy atom. The van der Waals surface area contributed by atoms with E-state index in [9.17, 15) is 9.18 Å². The molecule has 0 aliphatic carbocycles. The van der Waals surface area contributed by atoms with E-state index >= 15 is 0 Å². The summed E-state index contributed by atoms with van der Waals surface area (Å²) in [5.74, 6) is -0.556. The lowest BCUT2D eigenvalue weighted by Gasteiger charge is -2.12. The molecule has 0 aliphatic heterocycles. The molecule has 0 bridgehead atoms. The minimum atomic E-state index is -0.644. The van der Waals surface area contributed by atoms with E-state index in [1.807, 2.05) is 30.3 Å². The van der Waals surface area contributed by atoms with E-state index in [2.05, 4.69) is 34.5 Å². The van der Waals surface area contributed by atoms with Gasteiger partial charge < -0.3 is 14.6 Å². The fourth-order valence-electron chi connectivity index (χ4n) is 3.69. The lowest BCUT2D eigenvalue weighted by atomic mass is 9.94. The SMILES string of the molecule is CCNC(=O)c1ccc(-c2noc(-c3ccc(-c4ccccc4C)c(COC)c3)n2)cc1F. The average molecular weight is 445 g/mol. The number of hydrogen-bond acceptors (Lipinski definition) is 5. The second kappa shape index (κ2) is 9.75. The van der Waals surface area contributed by atoms with Crippen LogP contribution in [0, 0.1) is 12.7 Å². The molecule has 0 fully saturated rings. The maximum atomic E-state index is 14.5. The third kappa shape index (κ3) is 4.68. The Morgan fingerprint density at radius 3 is 2.58 bits per heavy atom. The molecule has 0 unspecified atom stereocenters. The van der Waals surface area contributed by atoms with Crippen LogP contribution in [0.25, 0.3) is 34.0 Å².